The molecule has 1 N–H and O–H groups in total. The number of hydrogen-bond acceptors (Lipinski definition) is 5. The van der Waals surface area contributed by atoms with Crippen LogP contribution in [0, 0.1) is 0 Å². The van der Waals surface area contributed by atoms with Gasteiger partial charge in [0.1, 0.15) is 5.25 Å². The largest absolute Gasteiger partial charge is 0.298 e. The molecule has 0 fully saturated rings. The van der Waals surface area contributed by atoms with Crippen molar-refractivity contribution in [3.8, 4) is 0 Å². The summed E-state index contributed by atoms with van der Waals surface area (Å²) in [5, 5.41) is -1.26. The molecule has 0 saturated carbocycles. The lowest BCUT2D eigenvalue weighted by Gasteiger charge is -2.17. The molecule has 0 aliphatic carbocycles. The molecule has 0 radical (unpaired) electrons. The molecule has 1 atom stereocenters. The molecule has 0 saturated heterocycles. The Morgan fingerprint density at radius 3 is 2.24 bits per heavy atom. The lowest BCUT2D eigenvalue weighted by molar-refractivity contribution is -0.118. The molecule has 4 nitrogen and oxygen atoms in total. The highest BCUT2D eigenvalue weighted by molar-refractivity contribution is 8.77. The maximum Gasteiger partial charge on any atom is 0.275 e. The standard InChI is InChI=1S/C10H20O4S3/c1-5-8(11)9(17(12,13)14)6-7-15-16-10(2,3)4/h9H,5-7H2,1-4H3,(H,12,13,14). The van der Waals surface area contributed by atoms with Gasteiger partial charge in [-0.15, -0.1) is 0 Å². The molecule has 0 aliphatic rings. The Bertz CT molecular complexity index is 343. The predicted molar refractivity (Wildman–Crippen MR) is 75.1 cm³/mol. The van der Waals surface area contributed by atoms with E-state index in [0.29, 0.717) is 5.75 Å². The summed E-state index contributed by atoms with van der Waals surface area (Å²) < 4.78 is 31.1. The van der Waals surface area contributed by atoms with Crippen LogP contribution in [0.2, 0.25) is 0 Å². The molecule has 0 rings (SSSR count). The van der Waals surface area contributed by atoms with Crippen LogP contribution in [-0.4, -0.2) is 34.5 Å². The molecule has 1 unspecified atom stereocenters. The molecule has 0 aromatic rings. The molecule has 17 heavy (non-hydrogen) atoms. The lowest BCUT2D eigenvalue weighted by Crippen LogP contribution is -2.30. The molecule has 0 spiro atoms. The van der Waals surface area contributed by atoms with Crippen LogP contribution in [0.4, 0.5) is 0 Å². The van der Waals surface area contributed by atoms with Crippen molar-refractivity contribution in [2.75, 3.05) is 5.75 Å². The highest BCUT2D eigenvalue weighted by Crippen LogP contribution is 2.35. The van der Waals surface area contributed by atoms with E-state index in [9.17, 15) is 13.2 Å². The third-order valence-electron chi connectivity index (χ3n) is 1.84. The van der Waals surface area contributed by atoms with E-state index in [4.69, 9.17) is 4.55 Å². The normalized spacial score (nSPS) is 14.6. The molecule has 0 amide bonds. The SMILES string of the molecule is CCC(=O)C(CCSSC(C)(C)C)S(=O)(=O)O. The Labute approximate surface area is 111 Å². The second-order valence-corrected chi connectivity index (χ2v) is 9.47. The topological polar surface area (TPSA) is 71.4 Å². The number of rotatable bonds is 7. The highest BCUT2D eigenvalue weighted by Gasteiger charge is 2.29. The third-order valence-corrected chi connectivity index (χ3v) is 6.43. The predicted octanol–water partition coefficient (Wildman–Crippen LogP) is 2.79. The van der Waals surface area contributed by atoms with Gasteiger partial charge in [0.15, 0.2) is 5.78 Å². The molecular weight excluding hydrogens is 280 g/mol. The van der Waals surface area contributed by atoms with Crippen molar-refractivity contribution in [2.24, 2.45) is 0 Å². The minimum atomic E-state index is -4.26. The first-order valence-electron chi connectivity index (χ1n) is 5.37. The van der Waals surface area contributed by atoms with E-state index in [-0.39, 0.29) is 17.6 Å². The second kappa shape index (κ2) is 7.01. The van der Waals surface area contributed by atoms with E-state index in [2.05, 4.69) is 20.8 Å². The smallest absolute Gasteiger partial charge is 0.275 e. The van der Waals surface area contributed by atoms with Crippen LogP contribution in [0.5, 0.6) is 0 Å². The van der Waals surface area contributed by atoms with Crippen molar-refractivity contribution >= 4 is 37.5 Å². The third kappa shape index (κ3) is 8.07. The summed E-state index contributed by atoms with van der Waals surface area (Å²) in [4.78, 5) is 11.4. The molecule has 0 bridgehead atoms. The fraction of sp³-hybridized carbons (Fsp3) is 0.900. The summed E-state index contributed by atoms with van der Waals surface area (Å²) in [5.41, 5.74) is 0. The quantitative estimate of drug-likeness (QED) is 0.443. The highest BCUT2D eigenvalue weighted by atomic mass is 33.1. The van der Waals surface area contributed by atoms with Crippen LogP contribution in [0.1, 0.15) is 40.5 Å². The van der Waals surface area contributed by atoms with Gasteiger partial charge in [-0.1, -0.05) is 49.3 Å². The molecular formula is C10H20O4S3. The van der Waals surface area contributed by atoms with Crippen molar-refractivity contribution in [1.82, 2.24) is 0 Å². The zero-order valence-corrected chi connectivity index (χ0v) is 13.0. The number of carbonyl (C=O) groups excluding carboxylic acids is 1. The van der Waals surface area contributed by atoms with E-state index in [1.165, 1.54) is 10.8 Å². The van der Waals surface area contributed by atoms with Crippen LogP contribution in [0.25, 0.3) is 0 Å². The second-order valence-electron chi connectivity index (χ2n) is 4.63. The van der Waals surface area contributed by atoms with Crippen molar-refractivity contribution < 1.29 is 17.8 Å². The minimum absolute atomic E-state index is 0.0903. The van der Waals surface area contributed by atoms with Gasteiger partial charge in [-0.3, -0.25) is 9.35 Å². The van der Waals surface area contributed by atoms with Crippen molar-refractivity contribution in [2.45, 2.75) is 50.5 Å². The van der Waals surface area contributed by atoms with Gasteiger partial charge in [0, 0.05) is 16.9 Å². The van der Waals surface area contributed by atoms with Crippen LogP contribution >= 0.6 is 21.6 Å². The zero-order chi connectivity index (χ0) is 13.7. The fourth-order valence-electron chi connectivity index (χ4n) is 1.08. The summed E-state index contributed by atoms with van der Waals surface area (Å²) >= 11 is 0. The van der Waals surface area contributed by atoms with Crippen LogP contribution in [0.3, 0.4) is 0 Å². The van der Waals surface area contributed by atoms with Gasteiger partial charge in [-0.05, 0) is 6.42 Å². The molecule has 7 heteroatoms. The zero-order valence-electron chi connectivity index (χ0n) is 10.6. The Balaban J connectivity index is 4.26. The van der Waals surface area contributed by atoms with Crippen molar-refractivity contribution in [3.05, 3.63) is 0 Å². The first-order chi connectivity index (χ1) is 7.58. The van der Waals surface area contributed by atoms with Gasteiger partial charge in [0.05, 0.1) is 0 Å². The van der Waals surface area contributed by atoms with Gasteiger partial charge >= 0.3 is 0 Å². The van der Waals surface area contributed by atoms with Crippen LogP contribution < -0.4 is 0 Å². The molecule has 0 heterocycles. The first-order valence-corrected chi connectivity index (χ1v) is 9.19. The summed E-state index contributed by atoms with van der Waals surface area (Å²) in [5.74, 6) is 0.104. The Hall–Kier alpha value is 0.280. The number of Topliss-reactive ketones (excluding diaryl/α,β-unsaturated/α-hetero) is 1. The lowest BCUT2D eigenvalue weighted by atomic mass is 10.2. The van der Waals surface area contributed by atoms with Gasteiger partial charge in [0.2, 0.25) is 0 Å². The van der Waals surface area contributed by atoms with E-state index in [1.54, 1.807) is 17.7 Å². The van der Waals surface area contributed by atoms with Gasteiger partial charge in [-0.2, -0.15) is 8.42 Å². The Kier molecular flexibility index (Phi) is 7.13. The fourth-order valence-corrected chi connectivity index (χ4v) is 4.51. The van der Waals surface area contributed by atoms with Crippen molar-refractivity contribution in [3.63, 3.8) is 0 Å². The maximum absolute atomic E-state index is 11.4. The number of ketones is 1. The monoisotopic (exact) mass is 300 g/mol. The molecule has 0 aromatic carbocycles. The maximum atomic E-state index is 11.4. The Morgan fingerprint density at radius 1 is 1.35 bits per heavy atom. The van der Waals surface area contributed by atoms with Gasteiger partial charge in [-0.25, -0.2) is 0 Å². The van der Waals surface area contributed by atoms with E-state index in [1.807, 2.05) is 0 Å². The summed E-state index contributed by atoms with van der Waals surface area (Å²) in [6.07, 6.45) is 0.292. The van der Waals surface area contributed by atoms with Crippen LogP contribution in [-0.2, 0) is 14.9 Å². The number of carbonyl (C=O) groups is 1. The average Bonchev–Trinajstić information content (AvgIpc) is 2.13. The average molecular weight is 300 g/mol. The first kappa shape index (κ1) is 17.3. The molecule has 0 aliphatic heterocycles. The van der Waals surface area contributed by atoms with Gasteiger partial charge < -0.3 is 0 Å². The van der Waals surface area contributed by atoms with Crippen molar-refractivity contribution in [1.29, 1.82) is 0 Å². The summed E-state index contributed by atoms with van der Waals surface area (Å²) in [6.45, 7) is 7.77. The van der Waals surface area contributed by atoms with E-state index >= 15 is 0 Å². The van der Waals surface area contributed by atoms with E-state index in [0.717, 1.165) is 0 Å². The van der Waals surface area contributed by atoms with E-state index < -0.39 is 21.2 Å². The van der Waals surface area contributed by atoms with Crippen LogP contribution in [0.15, 0.2) is 0 Å². The summed E-state index contributed by atoms with van der Waals surface area (Å²) in [6, 6.07) is 0. The minimum Gasteiger partial charge on any atom is -0.298 e. The summed E-state index contributed by atoms with van der Waals surface area (Å²) in [7, 11) is -1.11. The van der Waals surface area contributed by atoms with Gasteiger partial charge in [0.25, 0.3) is 10.1 Å². The number of hydrogen-bond donors (Lipinski definition) is 1. The Morgan fingerprint density at radius 2 is 1.88 bits per heavy atom. The molecule has 0 aromatic heterocycles. The molecule has 102 valence electrons.